The normalized spacial score (nSPS) is 22.6. The molecule has 0 spiro atoms. The van der Waals surface area contributed by atoms with E-state index in [1.807, 2.05) is 13.0 Å². The van der Waals surface area contributed by atoms with Gasteiger partial charge in [-0.25, -0.2) is 4.79 Å². The lowest BCUT2D eigenvalue weighted by Gasteiger charge is -2.34. The number of anilines is 1. The van der Waals surface area contributed by atoms with Crippen molar-refractivity contribution in [3.05, 3.63) is 58.7 Å². The molecule has 13 heteroatoms. The molecule has 1 saturated heterocycles. The van der Waals surface area contributed by atoms with Crippen molar-refractivity contribution in [3.8, 4) is 5.75 Å². The van der Waals surface area contributed by atoms with Crippen molar-refractivity contribution in [2.75, 3.05) is 25.1 Å². The Bertz CT molecular complexity index is 1310. The van der Waals surface area contributed by atoms with Crippen molar-refractivity contribution in [1.82, 2.24) is 4.90 Å². The Kier molecular flexibility index (Phi) is 9.94. The van der Waals surface area contributed by atoms with Gasteiger partial charge in [-0.3, -0.25) is 9.69 Å². The first-order chi connectivity index (χ1) is 20.6. The average Bonchev–Trinajstić information content (AvgIpc) is 3.24. The third kappa shape index (κ3) is 7.71. The van der Waals surface area contributed by atoms with Crippen LogP contribution in [0.2, 0.25) is 0 Å². The highest BCUT2D eigenvalue weighted by atomic mass is 19.4. The second-order valence-corrected chi connectivity index (χ2v) is 11.5. The number of nitrogens with zero attached hydrogens (tertiary/aromatic N) is 2. The maximum absolute atomic E-state index is 13.5. The molecule has 2 atom stereocenters. The number of carboxylic acid groups (broad SMARTS) is 1. The number of hydrogen-bond acceptors (Lipinski definition) is 5. The number of hydrogen-bond donors (Lipinski definition) is 1. The molecule has 44 heavy (non-hydrogen) atoms. The van der Waals surface area contributed by atoms with E-state index >= 15 is 0 Å². The second-order valence-electron chi connectivity index (χ2n) is 11.5. The van der Waals surface area contributed by atoms with Gasteiger partial charge in [0.05, 0.1) is 30.8 Å². The van der Waals surface area contributed by atoms with Crippen molar-refractivity contribution in [2.24, 2.45) is 11.8 Å². The first kappa shape index (κ1) is 33.3. The molecular weight excluding hydrogens is 594 g/mol. The zero-order chi connectivity index (χ0) is 32.4. The molecule has 0 bridgehead atoms. The van der Waals surface area contributed by atoms with Crippen LogP contribution in [0.4, 0.5) is 36.8 Å². The SMILES string of the molecule is CCN(CC1CCC(CC(=O)O)CC1)c1ccc(OC)cc1CN1C(=O)O[C@H](c2cc(C(F)(F)F)cc(C(F)(F)F)c2)[C@@H]1C. The zero-order valence-electron chi connectivity index (χ0n) is 24.7. The number of alkyl halides is 6. The Hall–Kier alpha value is -3.64. The molecule has 7 nitrogen and oxygen atoms in total. The molecule has 242 valence electrons. The van der Waals surface area contributed by atoms with Crippen LogP contribution in [0.3, 0.4) is 0 Å². The van der Waals surface area contributed by atoms with Gasteiger partial charge in [0.1, 0.15) is 11.9 Å². The number of ether oxygens (including phenoxy) is 2. The predicted molar refractivity (Wildman–Crippen MR) is 149 cm³/mol. The molecule has 0 aromatic heterocycles. The lowest BCUT2D eigenvalue weighted by Crippen LogP contribution is -2.35. The van der Waals surface area contributed by atoms with Crippen LogP contribution in [0, 0.1) is 11.8 Å². The van der Waals surface area contributed by atoms with E-state index in [1.54, 1.807) is 12.1 Å². The van der Waals surface area contributed by atoms with E-state index in [1.165, 1.54) is 18.9 Å². The van der Waals surface area contributed by atoms with Gasteiger partial charge in [0, 0.05) is 25.2 Å². The number of carbonyl (C=O) groups is 2. The number of aliphatic carboxylic acids is 1. The van der Waals surface area contributed by atoms with Crippen LogP contribution in [0.5, 0.6) is 5.75 Å². The van der Waals surface area contributed by atoms with Crippen LogP contribution in [-0.2, 0) is 28.4 Å². The van der Waals surface area contributed by atoms with Gasteiger partial charge in [-0.1, -0.05) is 0 Å². The number of benzene rings is 2. The van der Waals surface area contributed by atoms with Crippen molar-refractivity contribution in [3.63, 3.8) is 0 Å². The van der Waals surface area contributed by atoms with Gasteiger partial charge in [-0.2, -0.15) is 26.3 Å². The fourth-order valence-electron chi connectivity index (χ4n) is 6.18. The number of rotatable bonds is 10. The summed E-state index contributed by atoms with van der Waals surface area (Å²) in [6, 6.07) is 5.73. The van der Waals surface area contributed by atoms with Crippen molar-refractivity contribution in [1.29, 1.82) is 0 Å². The highest BCUT2D eigenvalue weighted by Crippen LogP contribution is 2.42. The molecule has 1 amide bonds. The predicted octanol–water partition coefficient (Wildman–Crippen LogP) is 7.92. The Morgan fingerprint density at radius 2 is 1.59 bits per heavy atom. The Morgan fingerprint density at radius 1 is 1.00 bits per heavy atom. The fourth-order valence-corrected chi connectivity index (χ4v) is 6.18. The Morgan fingerprint density at radius 3 is 2.11 bits per heavy atom. The van der Waals surface area contributed by atoms with Crippen molar-refractivity contribution in [2.45, 2.75) is 77.0 Å². The van der Waals surface area contributed by atoms with Gasteiger partial charge in [-0.05, 0) is 98.9 Å². The Balaban J connectivity index is 1.58. The van der Waals surface area contributed by atoms with Gasteiger partial charge in [0.25, 0.3) is 0 Å². The number of carboxylic acids is 1. The molecular formula is C31H36F6N2O5. The van der Waals surface area contributed by atoms with Crippen LogP contribution in [0.1, 0.15) is 74.3 Å². The number of cyclic esters (lactones) is 1. The summed E-state index contributed by atoms with van der Waals surface area (Å²) >= 11 is 0. The van der Waals surface area contributed by atoms with E-state index < -0.39 is 53.3 Å². The summed E-state index contributed by atoms with van der Waals surface area (Å²) in [7, 11) is 1.49. The summed E-state index contributed by atoms with van der Waals surface area (Å²) in [6.45, 7) is 4.81. The summed E-state index contributed by atoms with van der Waals surface area (Å²) in [5, 5.41) is 9.12. The Labute approximate surface area is 251 Å². The molecule has 2 aliphatic rings. The highest BCUT2D eigenvalue weighted by Gasteiger charge is 2.43. The van der Waals surface area contributed by atoms with E-state index in [-0.39, 0.29) is 24.9 Å². The largest absolute Gasteiger partial charge is 0.497 e. The van der Waals surface area contributed by atoms with Gasteiger partial charge in [0.2, 0.25) is 0 Å². The molecule has 1 aliphatic carbocycles. The van der Waals surface area contributed by atoms with E-state index in [0.29, 0.717) is 42.5 Å². The molecule has 2 aromatic rings. The molecule has 0 radical (unpaired) electrons. The smallest absolute Gasteiger partial charge is 0.416 e. The average molecular weight is 631 g/mol. The molecule has 1 aliphatic heterocycles. The lowest BCUT2D eigenvalue weighted by molar-refractivity contribution is -0.143. The molecule has 0 unspecified atom stereocenters. The van der Waals surface area contributed by atoms with E-state index in [0.717, 1.165) is 31.4 Å². The van der Waals surface area contributed by atoms with E-state index in [4.69, 9.17) is 14.6 Å². The van der Waals surface area contributed by atoms with Gasteiger partial charge < -0.3 is 19.5 Å². The lowest BCUT2D eigenvalue weighted by atomic mass is 9.80. The quantitative estimate of drug-likeness (QED) is 0.269. The monoisotopic (exact) mass is 630 g/mol. The molecule has 1 saturated carbocycles. The molecule has 4 rings (SSSR count). The van der Waals surface area contributed by atoms with Crippen molar-refractivity contribution >= 4 is 17.7 Å². The van der Waals surface area contributed by atoms with Crippen LogP contribution in [0.25, 0.3) is 0 Å². The van der Waals surface area contributed by atoms with Crippen LogP contribution < -0.4 is 9.64 Å². The minimum absolute atomic E-state index is 0.0179. The second kappa shape index (κ2) is 13.2. The third-order valence-corrected chi connectivity index (χ3v) is 8.59. The fraction of sp³-hybridized carbons (Fsp3) is 0.548. The summed E-state index contributed by atoms with van der Waals surface area (Å²) in [6.07, 6.45) is -8.70. The van der Waals surface area contributed by atoms with Gasteiger partial charge in [0.15, 0.2) is 0 Å². The topological polar surface area (TPSA) is 79.3 Å². The van der Waals surface area contributed by atoms with Crippen LogP contribution in [-0.4, -0.2) is 48.3 Å². The van der Waals surface area contributed by atoms with E-state index in [2.05, 4.69) is 4.90 Å². The highest BCUT2D eigenvalue weighted by molar-refractivity contribution is 5.72. The maximum Gasteiger partial charge on any atom is 0.416 e. The first-order valence-electron chi connectivity index (χ1n) is 14.5. The standard InChI is InChI=1S/C31H36F6N2O5/c1-4-38(16-20-7-5-19(6-8-20)11-27(40)41)26-10-9-25(43-3)14-22(26)17-39-18(2)28(44-29(39)42)21-12-23(30(32,33)34)15-24(13-21)31(35,36)37/h9-10,12-15,18-20,28H,4-8,11,16-17H2,1-3H3,(H,40,41)/t18-,19?,20?,28-/m0/s1. The molecule has 2 fully saturated rings. The minimum Gasteiger partial charge on any atom is -0.497 e. The minimum atomic E-state index is -5.03. The number of halogens is 6. The van der Waals surface area contributed by atoms with E-state index in [9.17, 15) is 35.9 Å². The number of methoxy groups -OCH3 is 1. The summed E-state index contributed by atoms with van der Waals surface area (Å²) in [4.78, 5) is 27.6. The first-order valence-corrected chi connectivity index (χ1v) is 14.5. The summed E-state index contributed by atoms with van der Waals surface area (Å²) < 4.78 is 91.8. The van der Waals surface area contributed by atoms with Crippen LogP contribution >= 0.6 is 0 Å². The third-order valence-electron chi connectivity index (χ3n) is 8.59. The van der Waals surface area contributed by atoms with Gasteiger partial charge in [-0.15, -0.1) is 0 Å². The summed E-state index contributed by atoms with van der Waals surface area (Å²) in [5.41, 5.74) is -1.86. The molecule has 1 heterocycles. The molecule has 2 aromatic carbocycles. The summed E-state index contributed by atoms with van der Waals surface area (Å²) in [5.74, 6) is 0.212. The number of amides is 1. The molecule has 1 N–H and O–H groups in total. The number of carbonyl (C=O) groups excluding carboxylic acids is 1. The van der Waals surface area contributed by atoms with Crippen molar-refractivity contribution < 1.29 is 50.5 Å². The maximum atomic E-state index is 13.5. The zero-order valence-corrected chi connectivity index (χ0v) is 24.7. The van der Waals surface area contributed by atoms with Crippen LogP contribution in [0.15, 0.2) is 36.4 Å². The van der Waals surface area contributed by atoms with Gasteiger partial charge >= 0.3 is 24.4 Å².